The third-order valence-corrected chi connectivity index (χ3v) is 2.72. The van der Waals surface area contributed by atoms with Crippen molar-refractivity contribution in [2.75, 3.05) is 4.90 Å². The molecule has 2 aromatic rings. The lowest BCUT2D eigenvalue weighted by Crippen LogP contribution is -2.18. The largest absolute Gasteiger partial charge is 0.361 e. The molecule has 74 valence electrons. The van der Waals surface area contributed by atoms with Crippen molar-refractivity contribution in [2.45, 2.75) is 6.54 Å². The van der Waals surface area contributed by atoms with Gasteiger partial charge < -0.3 is 9.88 Å². The summed E-state index contributed by atoms with van der Waals surface area (Å²) >= 11 is 0. The summed E-state index contributed by atoms with van der Waals surface area (Å²) in [6, 6.07) is 12.6. The first kappa shape index (κ1) is 8.36. The third-order valence-electron chi connectivity index (χ3n) is 2.72. The Balaban J connectivity index is 1.94. The number of benzene rings is 1. The van der Waals surface area contributed by atoms with Crippen molar-refractivity contribution < 1.29 is 0 Å². The smallest absolute Gasteiger partial charge is 0.0497 e. The van der Waals surface area contributed by atoms with Crippen molar-refractivity contribution in [2.24, 2.45) is 0 Å². The Kier molecular flexibility index (Phi) is 1.85. The van der Waals surface area contributed by atoms with Crippen molar-refractivity contribution >= 4 is 11.8 Å². The summed E-state index contributed by atoms with van der Waals surface area (Å²) in [4.78, 5) is 5.46. The maximum atomic E-state index is 3.22. The van der Waals surface area contributed by atoms with Crippen LogP contribution in [0, 0.1) is 0 Å². The van der Waals surface area contributed by atoms with E-state index in [9.17, 15) is 0 Å². The molecular formula is C13H12N2. The molecule has 1 aliphatic rings. The van der Waals surface area contributed by atoms with Gasteiger partial charge in [0.15, 0.2) is 0 Å². The van der Waals surface area contributed by atoms with E-state index >= 15 is 0 Å². The molecule has 15 heavy (non-hydrogen) atoms. The molecule has 3 rings (SSSR count). The zero-order valence-corrected chi connectivity index (χ0v) is 8.35. The number of anilines is 1. The molecule has 0 saturated carbocycles. The topological polar surface area (TPSA) is 19.0 Å². The van der Waals surface area contributed by atoms with Crippen LogP contribution in [0.4, 0.5) is 5.69 Å². The van der Waals surface area contributed by atoms with Crippen LogP contribution in [0.15, 0.2) is 48.8 Å². The summed E-state index contributed by atoms with van der Waals surface area (Å²) < 4.78 is 0. The van der Waals surface area contributed by atoms with Gasteiger partial charge in [-0.1, -0.05) is 18.2 Å². The predicted molar refractivity (Wildman–Crippen MR) is 62.5 cm³/mol. The summed E-state index contributed by atoms with van der Waals surface area (Å²) in [6.07, 6.45) is 6.23. The average molecular weight is 196 g/mol. The molecule has 0 radical (unpaired) electrons. The Labute approximate surface area is 88.9 Å². The molecule has 0 fully saturated rings. The van der Waals surface area contributed by atoms with E-state index in [4.69, 9.17) is 0 Å². The molecule has 1 aromatic carbocycles. The van der Waals surface area contributed by atoms with Gasteiger partial charge in [0.05, 0.1) is 0 Å². The van der Waals surface area contributed by atoms with Crippen molar-refractivity contribution in [3.05, 3.63) is 60.1 Å². The van der Waals surface area contributed by atoms with Gasteiger partial charge in [0.25, 0.3) is 0 Å². The van der Waals surface area contributed by atoms with Gasteiger partial charge in [-0.3, -0.25) is 0 Å². The zero-order valence-electron chi connectivity index (χ0n) is 8.35. The van der Waals surface area contributed by atoms with Crippen molar-refractivity contribution in [3.8, 4) is 0 Å². The summed E-state index contributed by atoms with van der Waals surface area (Å²) in [7, 11) is 0. The van der Waals surface area contributed by atoms with Gasteiger partial charge in [0, 0.05) is 30.3 Å². The quantitative estimate of drug-likeness (QED) is 0.742. The fraction of sp³-hybridized carbons (Fsp3) is 0.0769. The number of hydrogen-bond acceptors (Lipinski definition) is 1. The molecule has 0 bridgehead atoms. The molecule has 0 saturated heterocycles. The summed E-state index contributed by atoms with van der Waals surface area (Å²) in [5, 5.41) is 0. The lowest BCUT2D eigenvalue weighted by molar-refractivity contribution is 0.954. The fourth-order valence-electron chi connectivity index (χ4n) is 1.91. The molecule has 2 heterocycles. The van der Waals surface area contributed by atoms with Crippen LogP contribution in [-0.2, 0) is 6.54 Å². The minimum atomic E-state index is 0.944. The molecule has 2 heteroatoms. The van der Waals surface area contributed by atoms with Crippen LogP contribution in [-0.4, -0.2) is 4.98 Å². The summed E-state index contributed by atoms with van der Waals surface area (Å²) in [6.45, 7) is 0.944. The number of aromatic amines is 1. The van der Waals surface area contributed by atoms with Crippen LogP contribution >= 0.6 is 0 Å². The van der Waals surface area contributed by atoms with Crippen LogP contribution in [0.3, 0.4) is 0 Å². The van der Waals surface area contributed by atoms with Gasteiger partial charge in [-0.05, 0) is 29.8 Å². The Morgan fingerprint density at radius 1 is 1.07 bits per heavy atom. The second-order valence-electron chi connectivity index (χ2n) is 3.70. The van der Waals surface area contributed by atoms with E-state index in [1.165, 1.54) is 16.9 Å². The monoisotopic (exact) mass is 196 g/mol. The van der Waals surface area contributed by atoms with E-state index in [1.807, 2.05) is 12.3 Å². The minimum Gasteiger partial charge on any atom is -0.361 e. The normalized spacial score (nSPS) is 14.0. The van der Waals surface area contributed by atoms with Gasteiger partial charge in [-0.2, -0.15) is 0 Å². The number of hydrogen-bond donors (Lipinski definition) is 1. The highest BCUT2D eigenvalue weighted by Gasteiger charge is 2.11. The molecule has 1 aliphatic heterocycles. The number of H-pyrrole nitrogens is 1. The maximum absolute atomic E-state index is 3.22. The number of aromatic nitrogens is 1. The molecule has 1 N–H and O–H groups in total. The van der Waals surface area contributed by atoms with Gasteiger partial charge >= 0.3 is 0 Å². The molecule has 0 spiro atoms. The van der Waals surface area contributed by atoms with E-state index in [1.54, 1.807) is 0 Å². The lowest BCUT2D eigenvalue weighted by Gasteiger charge is -2.23. The van der Waals surface area contributed by atoms with Gasteiger partial charge in [-0.15, -0.1) is 0 Å². The highest BCUT2D eigenvalue weighted by atomic mass is 15.1. The zero-order chi connectivity index (χ0) is 10.1. The number of nitrogens with zero attached hydrogens (tertiary/aromatic N) is 1. The number of nitrogens with one attached hydrogen (secondary N) is 1. The standard InChI is InChI=1S/C13H12N2/c1-2-4-12(5-3-1)15-9-7-13-11(10-15)6-8-14-13/h1-9,14H,10H2. The molecule has 1 aromatic heterocycles. The van der Waals surface area contributed by atoms with Crippen molar-refractivity contribution in [3.63, 3.8) is 0 Å². The van der Waals surface area contributed by atoms with Gasteiger partial charge in [0.1, 0.15) is 0 Å². The first-order valence-electron chi connectivity index (χ1n) is 5.09. The second-order valence-corrected chi connectivity index (χ2v) is 3.70. The first-order chi connectivity index (χ1) is 7.43. The number of para-hydroxylation sites is 1. The van der Waals surface area contributed by atoms with Gasteiger partial charge in [-0.25, -0.2) is 0 Å². The summed E-state index contributed by atoms with van der Waals surface area (Å²) in [5.74, 6) is 0. The first-order valence-corrected chi connectivity index (χ1v) is 5.09. The maximum Gasteiger partial charge on any atom is 0.0497 e. The van der Waals surface area contributed by atoms with Crippen LogP contribution < -0.4 is 4.90 Å². The summed E-state index contributed by atoms with van der Waals surface area (Å²) in [5.41, 5.74) is 3.81. The lowest BCUT2D eigenvalue weighted by atomic mass is 10.1. The Morgan fingerprint density at radius 2 is 1.93 bits per heavy atom. The molecule has 0 amide bonds. The molecule has 2 nitrogen and oxygen atoms in total. The third kappa shape index (κ3) is 1.44. The Morgan fingerprint density at radius 3 is 2.80 bits per heavy atom. The van der Waals surface area contributed by atoms with Crippen molar-refractivity contribution in [1.29, 1.82) is 0 Å². The highest BCUT2D eigenvalue weighted by Crippen LogP contribution is 2.23. The van der Waals surface area contributed by atoms with Crippen molar-refractivity contribution in [1.82, 2.24) is 4.98 Å². The molecule has 0 atom stereocenters. The average Bonchev–Trinajstić information content (AvgIpc) is 2.77. The van der Waals surface area contributed by atoms with E-state index in [0.717, 1.165) is 6.54 Å². The van der Waals surface area contributed by atoms with E-state index in [-0.39, 0.29) is 0 Å². The molecule has 0 aliphatic carbocycles. The fourth-order valence-corrected chi connectivity index (χ4v) is 1.91. The Hall–Kier alpha value is -1.96. The van der Waals surface area contributed by atoms with Crippen LogP contribution in [0.25, 0.3) is 6.08 Å². The van der Waals surface area contributed by atoms with E-state index in [2.05, 4.69) is 52.5 Å². The number of rotatable bonds is 1. The van der Waals surface area contributed by atoms with Crippen LogP contribution in [0.1, 0.15) is 11.3 Å². The predicted octanol–water partition coefficient (Wildman–Crippen LogP) is 3.01. The second kappa shape index (κ2) is 3.31. The number of fused-ring (bicyclic) bond motifs is 1. The Bertz CT molecular complexity index is 482. The van der Waals surface area contributed by atoms with E-state index < -0.39 is 0 Å². The highest BCUT2D eigenvalue weighted by molar-refractivity contribution is 5.61. The van der Waals surface area contributed by atoms with Crippen LogP contribution in [0.2, 0.25) is 0 Å². The van der Waals surface area contributed by atoms with Crippen LogP contribution in [0.5, 0.6) is 0 Å². The van der Waals surface area contributed by atoms with E-state index in [0.29, 0.717) is 0 Å². The SMILES string of the molecule is C1=CN(c2ccccc2)Cc2cc[nH]c21. The molecule has 0 unspecified atom stereocenters. The van der Waals surface area contributed by atoms with Gasteiger partial charge in [0.2, 0.25) is 0 Å². The molecular weight excluding hydrogens is 184 g/mol. The minimum absolute atomic E-state index is 0.944.